The summed E-state index contributed by atoms with van der Waals surface area (Å²) in [4.78, 5) is 29.9. The smallest absolute Gasteiger partial charge is 0.268 e. The molecule has 0 spiro atoms. The summed E-state index contributed by atoms with van der Waals surface area (Å²) in [5.74, 6) is -4.39. The molecule has 31 heavy (non-hydrogen) atoms. The van der Waals surface area contributed by atoms with E-state index in [1.54, 1.807) is 18.2 Å². The van der Waals surface area contributed by atoms with Crippen LogP contribution in [0, 0.1) is 11.3 Å². The van der Waals surface area contributed by atoms with Gasteiger partial charge in [0, 0.05) is 35.0 Å². The number of pyridine rings is 1. The monoisotopic (exact) mass is 444 g/mol. The second kappa shape index (κ2) is 9.23. The van der Waals surface area contributed by atoms with Crippen LogP contribution in [0.15, 0.2) is 42.7 Å². The zero-order valence-corrected chi connectivity index (χ0v) is 17.4. The van der Waals surface area contributed by atoms with Crippen LogP contribution in [-0.4, -0.2) is 46.8 Å². The van der Waals surface area contributed by atoms with E-state index in [0.717, 1.165) is 16.0 Å². The average molecular weight is 445 g/mol. The highest BCUT2D eigenvalue weighted by atomic mass is 35.5. The molecule has 1 N–H and O–H groups in total. The highest BCUT2D eigenvalue weighted by Gasteiger charge is 2.47. The number of hydrogen-bond donors (Lipinski definition) is 1. The van der Waals surface area contributed by atoms with Gasteiger partial charge in [-0.3, -0.25) is 14.6 Å². The van der Waals surface area contributed by atoms with Crippen molar-refractivity contribution in [2.75, 3.05) is 13.1 Å². The van der Waals surface area contributed by atoms with Crippen molar-refractivity contribution >= 4 is 35.1 Å². The number of halogens is 3. The number of aromatic nitrogens is 1. The van der Waals surface area contributed by atoms with Crippen LogP contribution in [-0.2, 0) is 4.79 Å². The van der Waals surface area contributed by atoms with Gasteiger partial charge in [0.2, 0.25) is 5.91 Å². The Kier molecular flexibility index (Phi) is 6.66. The first-order valence-corrected chi connectivity index (χ1v) is 9.81. The zero-order chi connectivity index (χ0) is 22.6. The summed E-state index contributed by atoms with van der Waals surface area (Å²) in [6, 6.07) is 9.17. The molecular weight excluding hydrogens is 426 g/mol. The third-order valence-corrected chi connectivity index (χ3v) is 5.14. The number of alkyl halides is 2. The van der Waals surface area contributed by atoms with Crippen molar-refractivity contribution in [3.05, 3.63) is 64.4 Å². The molecule has 2 amide bonds. The molecule has 1 atom stereocenters. The molecule has 0 unspecified atom stereocenters. The summed E-state index contributed by atoms with van der Waals surface area (Å²) in [5, 5.41) is 12.1. The van der Waals surface area contributed by atoms with E-state index in [-0.39, 0.29) is 5.56 Å². The lowest BCUT2D eigenvalue weighted by Crippen LogP contribution is -2.43. The van der Waals surface area contributed by atoms with E-state index in [2.05, 4.69) is 10.3 Å². The average Bonchev–Trinajstić information content (AvgIpc) is 3.08. The summed E-state index contributed by atoms with van der Waals surface area (Å²) in [7, 11) is 0. The fourth-order valence-corrected chi connectivity index (χ4v) is 3.47. The standard InChI is InChI=1S/C22H19ClF2N4O2/c1-14(8-15-2-4-16(23)5-3-15)19-11-27-7-6-18(19)21(31)28-12-20(30)29-13-22(24,25)9-17(29)10-26/h2-8,11,17H,9,12-13H2,1H3,(H,28,31)/b14-8+/t17-/m0/s1. The van der Waals surface area contributed by atoms with Crippen LogP contribution >= 0.6 is 11.6 Å². The minimum Gasteiger partial charge on any atom is -0.343 e. The van der Waals surface area contributed by atoms with E-state index in [9.17, 15) is 18.4 Å². The van der Waals surface area contributed by atoms with Gasteiger partial charge in [-0.05, 0) is 36.3 Å². The summed E-state index contributed by atoms with van der Waals surface area (Å²) in [6.45, 7) is 0.496. The molecule has 0 saturated carbocycles. The van der Waals surface area contributed by atoms with Gasteiger partial charge in [-0.1, -0.05) is 29.8 Å². The number of nitriles is 1. The fraction of sp³-hybridized carbons (Fsp3) is 0.273. The number of nitrogens with zero attached hydrogens (tertiary/aromatic N) is 3. The molecule has 1 aliphatic heterocycles. The number of hydrogen-bond acceptors (Lipinski definition) is 4. The van der Waals surface area contributed by atoms with Gasteiger partial charge in [0.05, 0.1) is 19.2 Å². The van der Waals surface area contributed by atoms with E-state index in [4.69, 9.17) is 16.9 Å². The third kappa shape index (κ3) is 5.44. The minimum absolute atomic E-state index is 0.286. The molecule has 1 aromatic heterocycles. The van der Waals surface area contributed by atoms with Crippen LogP contribution in [0.5, 0.6) is 0 Å². The molecule has 1 saturated heterocycles. The third-order valence-electron chi connectivity index (χ3n) is 4.88. The van der Waals surface area contributed by atoms with E-state index in [0.29, 0.717) is 10.6 Å². The second-order valence-electron chi connectivity index (χ2n) is 7.21. The number of benzene rings is 1. The van der Waals surface area contributed by atoms with Gasteiger partial charge in [0.15, 0.2) is 0 Å². The highest BCUT2D eigenvalue weighted by Crippen LogP contribution is 2.31. The van der Waals surface area contributed by atoms with E-state index in [1.165, 1.54) is 18.5 Å². The summed E-state index contributed by atoms with van der Waals surface area (Å²) >= 11 is 5.90. The van der Waals surface area contributed by atoms with Gasteiger partial charge in [-0.15, -0.1) is 0 Å². The summed E-state index contributed by atoms with van der Waals surface area (Å²) in [5.41, 5.74) is 2.49. The molecule has 1 fully saturated rings. The quantitative estimate of drug-likeness (QED) is 0.760. The fourth-order valence-electron chi connectivity index (χ4n) is 3.34. The van der Waals surface area contributed by atoms with Crippen molar-refractivity contribution in [3.63, 3.8) is 0 Å². The normalized spacial score (nSPS) is 17.8. The summed E-state index contributed by atoms with van der Waals surface area (Å²) < 4.78 is 27.1. The number of nitrogens with one attached hydrogen (secondary N) is 1. The second-order valence-corrected chi connectivity index (χ2v) is 7.65. The first-order chi connectivity index (χ1) is 14.7. The van der Waals surface area contributed by atoms with Gasteiger partial charge in [0.25, 0.3) is 11.8 Å². The lowest BCUT2D eigenvalue weighted by Gasteiger charge is -2.19. The molecule has 0 aliphatic carbocycles. The number of allylic oxidation sites excluding steroid dienone is 1. The molecule has 1 aliphatic rings. The maximum Gasteiger partial charge on any atom is 0.268 e. The largest absolute Gasteiger partial charge is 0.343 e. The van der Waals surface area contributed by atoms with Crippen LogP contribution < -0.4 is 5.32 Å². The van der Waals surface area contributed by atoms with Gasteiger partial charge in [-0.25, -0.2) is 8.78 Å². The SMILES string of the molecule is C/C(=C\c1ccc(Cl)cc1)c1cnccc1C(=O)NCC(=O)N1CC(F)(F)C[C@H]1C#N. The van der Waals surface area contributed by atoms with E-state index in [1.807, 2.05) is 25.1 Å². The lowest BCUT2D eigenvalue weighted by atomic mass is 10.0. The first kappa shape index (κ1) is 22.4. The van der Waals surface area contributed by atoms with E-state index >= 15 is 0 Å². The lowest BCUT2D eigenvalue weighted by molar-refractivity contribution is -0.131. The Bertz CT molecular complexity index is 1060. The number of likely N-dealkylation sites (tertiary alicyclic amines) is 1. The van der Waals surface area contributed by atoms with Crippen molar-refractivity contribution in [3.8, 4) is 6.07 Å². The van der Waals surface area contributed by atoms with Gasteiger partial charge < -0.3 is 10.2 Å². The van der Waals surface area contributed by atoms with Crippen LogP contribution in [0.4, 0.5) is 8.78 Å². The molecule has 0 radical (unpaired) electrons. The van der Waals surface area contributed by atoms with Gasteiger partial charge in [-0.2, -0.15) is 5.26 Å². The Morgan fingerprint density at radius 1 is 1.32 bits per heavy atom. The van der Waals surface area contributed by atoms with Crippen molar-refractivity contribution in [2.45, 2.75) is 25.3 Å². The summed E-state index contributed by atoms with van der Waals surface area (Å²) in [6.07, 6.45) is 4.14. The molecular formula is C22H19ClF2N4O2. The minimum atomic E-state index is -3.11. The molecule has 2 heterocycles. The topological polar surface area (TPSA) is 86.1 Å². The molecule has 160 valence electrons. The molecule has 1 aromatic carbocycles. The Balaban J connectivity index is 1.72. The highest BCUT2D eigenvalue weighted by molar-refractivity contribution is 6.30. The van der Waals surface area contributed by atoms with Gasteiger partial charge in [0.1, 0.15) is 6.04 Å². The molecule has 3 rings (SSSR count). The molecule has 9 heteroatoms. The van der Waals surface area contributed by atoms with Crippen molar-refractivity contribution in [1.29, 1.82) is 5.26 Å². The Morgan fingerprint density at radius 2 is 2.03 bits per heavy atom. The maximum atomic E-state index is 13.5. The van der Waals surface area contributed by atoms with Crippen molar-refractivity contribution in [1.82, 2.24) is 15.2 Å². The predicted molar refractivity (Wildman–Crippen MR) is 112 cm³/mol. The zero-order valence-electron chi connectivity index (χ0n) is 16.6. The number of carbonyl (C=O) groups is 2. The molecule has 0 bridgehead atoms. The molecule has 6 nitrogen and oxygen atoms in total. The number of carbonyl (C=O) groups excluding carboxylic acids is 2. The van der Waals surface area contributed by atoms with Crippen LogP contribution in [0.3, 0.4) is 0 Å². The number of amides is 2. The van der Waals surface area contributed by atoms with Crippen molar-refractivity contribution in [2.24, 2.45) is 0 Å². The van der Waals surface area contributed by atoms with Crippen molar-refractivity contribution < 1.29 is 18.4 Å². The van der Waals surface area contributed by atoms with Crippen LogP contribution in [0.2, 0.25) is 5.02 Å². The first-order valence-electron chi connectivity index (χ1n) is 9.43. The maximum absolute atomic E-state index is 13.5. The number of rotatable bonds is 5. The predicted octanol–water partition coefficient (Wildman–Crippen LogP) is 3.79. The van der Waals surface area contributed by atoms with Gasteiger partial charge >= 0.3 is 0 Å². The van der Waals surface area contributed by atoms with Crippen LogP contribution in [0.1, 0.15) is 34.8 Å². The van der Waals surface area contributed by atoms with Crippen LogP contribution in [0.25, 0.3) is 11.6 Å². The Labute approximate surface area is 183 Å². The Morgan fingerprint density at radius 3 is 2.71 bits per heavy atom. The van der Waals surface area contributed by atoms with E-state index < -0.39 is 43.3 Å². The molecule has 2 aromatic rings. The Hall–Kier alpha value is -3.31.